The maximum Gasteiger partial charge on any atom is 0.305 e. The average Bonchev–Trinajstić information content (AvgIpc) is 2.94. The Bertz CT molecular complexity index is 1050. The lowest BCUT2D eigenvalue weighted by atomic mass is 10.1. The molecule has 0 heterocycles. The first kappa shape index (κ1) is 29.6. The first-order valence-electron chi connectivity index (χ1n) is 13.4. The molecule has 0 spiro atoms. The molecule has 0 bridgehead atoms. The van der Waals surface area contributed by atoms with Gasteiger partial charge in [-0.2, -0.15) is 0 Å². The predicted octanol–water partition coefficient (Wildman–Crippen LogP) is 5.89. The standard InChI is InChI=1S/C32H42O5Si/c1-32(2,3)38(29-14-8-6-9-15-29,30-16-10-7-11-17-30)37-28(22-23-31(33)35-5)13-12-24-36-25-26-18-20-27(34-4)21-19-26/h6-11,14-21,28H,12-13,22-25H2,1-5H3/t28-/m1/s1. The fraction of sp³-hybridized carbons (Fsp3) is 0.406. The Labute approximate surface area is 229 Å². The predicted molar refractivity (Wildman–Crippen MR) is 156 cm³/mol. The Balaban J connectivity index is 1.79. The molecule has 0 saturated carbocycles. The fourth-order valence-electron chi connectivity index (χ4n) is 4.91. The number of esters is 1. The summed E-state index contributed by atoms with van der Waals surface area (Å²) >= 11 is 0. The summed E-state index contributed by atoms with van der Waals surface area (Å²) < 4.78 is 23.5. The van der Waals surface area contributed by atoms with Crippen LogP contribution in [-0.4, -0.2) is 41.2 Å². The molecule has 0 saturated heterocycles. The Morgan fingerprint density at radius 2 is 1.39 bits per heavy atom. The maximum atomic E-state index is 12.1. The highest BCUT2D eigenvalue weighted by molar-refractivity contribution is 6.99. The van der Waals surface area contributed by atoms with Crippen molar-refractivity contribution in [1.29, 1.82) is 0 Å². The third kappa shape index (κ3) is 7.79. The molecule has 3 aromatic rings. The van der Waals surface area contributed by atoms with Gasteiger partial charge in [-0.3, -0.25) is 4.79 Å². The number of ether oxygens (including phenoxy) is 3. The SMILES string of the molecule is COC(=O)CC[C@@H](CCCOCc1ccc(OC)cc1)O[Si](c1ccccc1)(c1ccccc1)C(C)(C)C. The summed E-state index contributed by atoms with van der Waals surface area (Å²) in [5.41, 5.74) is 1.11. The molecular formula is C32H42O5Si. The van der Waals surface area contributed by atoms with E-state index in [1.165, 1.54) is 17.5 Å². The molecule has 38 heavy (non-hydrogen) atoms. The zero-order valence-electron chi connectivity index (χ0n) is 23.4. The highest BCUT2D eigenvalue weighted by Crippen LogP contribution is 2.38. The minimum Gasteiger partial charge on any atom is -0.497 e. The van der Waals surface area contributed by atoms with Crippen LogP contribution >= 0.6 is 0 Å². The van der Waals surface area contributed by atoms with Crippen molar-refractivity contribution < 1.29 is 23.4 Å². The summed E-state index contributed by atoms with van der Waals surface area (Å²) in [6.45, 7) is 7.98. The van der Waals surface area contributed by atoms with Gasteiger partial charge in [-0.05, 0) is 52.4 Å². The highest BCUT2D eigenvalue weighted by Gasteiger charge is 2.51. The van der Waals surface area contributed by atoms with E-state index in [1.54, 1.807) is 7.11 Å². The monoisotopic (exact) mass is 534 g/mol. The minimum atomic E-state index is -2.73. The molecule has 0 aliphatic carbocycles. The number of hydrogen-bond donors (Lipinski definition) is 0. The minimum absolute atomic E-state index is 0.106. The molecule has 0 aromatic heterocycles. The number of benzene rings is 3. The molecule has 0 unspecified atom stereocenters. The van der Waals surface area contributed by atoms with Crippen molar-refractivity contribution in [3.05, 3.63) is 90.5 Å². The number of carbonyl (C=O) groups excluding carboxylic acids is 1. The van der Waals surface area contributed by atoms with E-state index < -0.39 is 8.32 Å². The van der Waals surface area contributed by atoms with Crippen LogP contribution in [-0.2, 0) is 25.3 Å². The zero-order chi connectivity index (χ0) is 27.4. The Hall–Kier alpha value is -2.93. The van der Waals surface area contributed by atoms with Crippen molar-refractivity contribution in [3.63, 3.8) is 0 Å². The van der Waals surface area contributed by atoms with Gasteiger partial charge in [0.2, 0.25) is 0 Å². The van der Waals surface area contributed by atoms with Gasteiger partial charge in [0, 0.05) is 19.1 Å². The van der Waals surface area contributed by atoms with Crippen molar-refractivity contribution >= 4 is 24.7 Å². The third-order valence-corrected chi connectivity index (χ3v) is 12.0. The molecule has 3 aromatic carbocycles. The lowest BCUT2D eigenvalue weighted by Gasteiger charge is -2.45. The van der Waals surface area contributed by atoms with Crippen LogP contribution in [0.15, 0.2) is 84.9 Å². The summed E-state index contributed by atoms with van der Waals surface area (Å²) in [4.78, 5) is 12.1. The lowest BCUT2D eigenvalue weighted by molar-refractivity contribution is -0.141. The number of hydrogen-bond acceptors (Lipinski definition) is 5. The first-order chi connectivity index (χ1) is 18.3. The lowest BCUT2D eigenvalue weighted by Crippen LogP contribution is -2.67. The van der Waals surface area contributed by atoms with Crippen LogP contribution < -0.4 is 15.1 Å². The van der Waals surface area contributed by atoms with Gasteiger partial charge in [-0.25, -0.2) is 0 Å². The molecule has 0 fully saturated rings. The van der Waals surface area contributed by atoms with E-state index in [-0.39, 0.29) is 17.1 Å². The molecular weight excluding hydrogens is 492 g/mol. The summed E-state index contributed by atoms with van der Waals surface area (Å²) in [5, 5.41) is 2.33. The first-order valence-corrected chi connectivity index (χ1v) is 15.3. The molecule has 0 aliphatic rings. The van der Waals surface area contributed by atoms with E-state index >= 15 is 0 Å². The molecule has 3 rings (SSSR count). The van der Waals surface area contributed by atoms with Crippen molar-refractivity contribution in [2.24, 2.45) is 0 Å². The number of methoxy groups -OCH3 is 2. The fourth-order valence-corrected chi connectivity index (χ4v) is 9.66. The van der Waals surface area contributed by atoms with E-state index in [9.17, 15) is 4.79 Å². The summed E-state index contributed by atoms with van der Waals surface area (Å²) in [6.07, 6.45) is 2.46. The van der Waals surface area contributed by atoms with Gasteiger partial charge in [0.05, 0.1) is 20.8 Å². The summed E-state index contributed by atoms with van der Waals surface area (Å²) in [6, 6.07) is 29.1. The zero-order valence-corrected chi connectivity index (χ0v) is 24.4. The van der Waals surface area contributed by atoms with E-state index in [1.807, 2.05) is 36.4 Å². The number of carbonyl (C=O) groups is 1. The smallest absolute Gasteiger partial charge is 0.305 e. The van der Waals surface area contributed by atoms with Crippen molar-refractivity contribution in [2.75, 3.05) is 20.8 Å². The largest absolute Gasteiger partial charge is 0.497 e. The van der Waals surface area contributed by atoms with Gasteiger partial charge in [0.1, 0.15) is 5.75 Å². The quantitative estimate of drug-likeness (QED) is 0.147. The number of rotatable bonds is 14. The summed E-state index contributed by atoms with van der Waals surface area (Å²) in [7, 11) is 0.372. The van der Waals surface area contributed by atoms with E-state index in [0.717, 1.165) is 24.2 Å². The average molecular weight is 535 g/mol. The third-order valence-electron chi connectivity index (χ3n) is 6.90. The van der Waals surface area contributed by atoms with Crippen LogP contribution in [0.4, 0.5) is 0 Å². The van der Waals surface area contributed by atoms with E-state index in [2.05, 4.69) is 69.3 Å². The molecule has 204 valence electrons. The van der Waals surface area contributed by atoms with Crippen LogP contribution in [0.5, 0.6) is 5.75 Å². The second-order valence-corrected chi connectivity index (χ2v) is 14.8. The molecule has 6 heteroatoms. The highest BCUT2D eigenvalue weighted by atomic mass is 28.4. The van der Waals surface area contributed by atoms with Gasteiger partial charge in [0.15, 0.2) is 0 Å². The van der Waals surface area contributed by atoms with Crippen LogP contribution in [0.1, 0.15) is 52.0 Å². The second kappa shape index (κ2) is 14.3. The Kier molecular flexibility index (Phi) is 11.1. The molecule has 0 amide bonds. The molecule has 0 aliphatic heterocycles. The van der Waals surface area contributed by atoms with Crippen molar-refractivity contribution in [3.8, 4) is 5.75 Å². The Morgan fingerprint density at radius 1 is 0.816 bits per heavy atom. The van der Waals surface area contributed by atoms with Crippen molar-refractivity contribution in [1.82, 2.24) is 0 Å². The van der Waals surface area contributed by atoms with Crippen LogP contribution in [0.25, 0.3) is 0 Å². The van der Waals surface area contributed by atoms with E-state index in [0.29, 0.717) is 26.1 Å². The van der Waals surface area contributed by atoms with Gasteiger partial charge in [-0.15, -0.1) is 0 Å². The van der Waals surface area contributed by atoms with Crippen molar-refractivity contribution in [2.45, 2.75) is 64.2 Å². The van der Waals surface area contributed by atoms with E-state index in [4.69, 9.17) is 18.6 Å². The van der Waals surface area contributed by atoms with Crippen LogP contribution in [0.3, 0.4) is 0 Å². The van der Waals surface area contributed by atoms with Crippen LogP contribution in [0, 0.1) is 0 Å². The van der Waals surface area contributed by atoms with Gasteiger partial charge < -0.3 is 18.6 Å². The second-order valence-electron chi connectivity index (χ2n) is 10.6. The molecule has 0 N–H and O–H groups in total. The molecule has 0 radical (unpaired) electrons. The van der Waals surface area contributed by atoms with Gasteiger partial charge in [-0.1, -0.05) is 93.6 Å². The topological polar surface area (TPSA) is 54.0 Å². The molecule has 5 nitrogen and oxygen atoms in total. The Morgan fingerprint density at radius 3 is 1.89 bits per heavy atom. The van der Waals surface area contributed by atoms with Gasteiger partial charge in [0.25, 0.3) is 8.32 Å². The van der Waals surface area contributed by atoms with Gasteiger partial charge >= 0.3 is 5.97 Å². The normalized spacial score (nSPS) is 12.7. The summed E-state index contributed by atoms with van der Waals surface area (Å²) in [5.74, 6) is 0.625. The molecule has 1 atom stereocenters. The van der Waals surface area contributed by atoms with Crippen LogP contribution in [0.2, 0.25) is 5.04 Å². The maximum absolute atomic E-state index is 12.1.